The maximum Gasteiger partial charge on any atom is 0.282 e. The summed E-state index contributed by atoms with van der Waals surface area (Å²) in [5.74, 6) is 1.65. The summed E-state index contributed by atoms with van der Waals surface area (Å²) in [6.07, 6.45) is 7.26. The Labute approximate surface area is 203 Å². The van der Waals surface area contributed by atoms with Gasteiger partial charge in [-0.05, 0) is 43.2 Å². The minimum Gasteiger partial charge on any atom is -0.488 e. The summed E-state index contributed by atoms with van der Waals surface area (Å²) in [6, 6.07) is 22.7. The van der Waals surface area contributed by atoms with Crippen molar-refractivity contribution in [2.24, 2.45) is 5.10 Å². The average Bonchev–Trinajstić information content (AvgIpc) is 2.89. The van der Waals surface area contributed by atoms with Crippen LogP contribution in [0.4, 0.5) is 0 Å². The third-order valence-corrected chi connectivity index (χ3v) is 6.69. The summed E-state index contributed by atoms with van der Waals surface area (Å²) in [5.41, 5.74) is 2.27. The molecular weight excluding hydrogens is 446 g/mol. The Morgan fingerprint density at radius 3 is 2.56 bits per heavy atom. The van der Waals surface area contributed by atoms with Crippen molar-refractivity contribution in [3.8, 4) is 5.75 Å². The number of nitrogens with zero attached hydrogens (tertiary/aromatic N) is 3. The molecule has 1 aliphatic carbocycles. The van der Waals surface area contributed by atoms with Gasteiger partial charge in [0.1, 0.15) is 18.2 Å². The zero-order valence-electron chi connectivity index (χ0n) is 18.9. The molecule has 1 fully saturated rings. The number of aromatic nitrogens is 2. The lowest BCUT2D eigenvalue weighted by molar-refractivity contribution is 0.306. The molecule has 0 bridgehead atoms. The monoisotopic (exact) mass is 471 g/mol. The lowest BCUT2D eigenvalue weighted by atomic mass is 9.88. The molecule has 0 radical (unpaired) electrons. The minimum absolute atomic E-state index is 0.142. The van der Waals surface area contributed by atoms with E-state index in [1.807, 2.05) is 72.8 Å². The number of ether oxygens (including phenoxy) is 1. The first-order chi connectivity index (χ1) is 16.7. The van der Waals surface area contributed by atoms with Crippen LogP contribution in [0.5, 0.6) is 5.75 Å². The Balaban J connectivity index is 1.50. The molecule has 0 amide bonds. The molecule has 172 valence electrons. The van der Waals surface area contributed by atoms with Crippen LogP contribution in [-0.2, 0) is 6.61 Å². The number of hydrogen-bond donors (Lipinski definition) is 0. The first-order valence-electron chi connectivity index (χ1n) is 11.7. The number of fused-ring (bicyclic) bond motifs is 1. The largest absolute Gasteiger partial charge is 0.488 e. The van der Waals surface area contributed by atoms with Crippen molar-refractivity contribution in [3.63, 3.8) is 0 Å². The number of benzene rings is 3. The average molecular weight is 472 g/mol. The van der Waals surface area contributed by atoms with E-state index in [-0.39, 0.29) is 11.5 Å². The van der Waals surface area contributed by atoms with Crippen molar-refractivity contribution in [1.82, 2.24) is 9.66 Å². The van der Waals surface area contributed by atoms with Crippen molar-refractivity contribution in [2.45, 2.75) is 44.6 Å². The Morgan fingerprint density at radius 2 is 1.71 bits per heavy atom. The zero-order valence-corrected chi connectivity index (χ0v) is 19.6. The van der Waals surface area contributed by atoms with E-state index in [1.165, 1.54) is 11.1 Å². The van der Waals surface area contributed by atoms with E-state index in [2.05, 4.69) is 5.10 Å². The van der Waals surface area contributed by atoms with Gasteiger partial charge in [0.25, 0.3) is 5.56 Å². The molecule has 4 aromatic rings. The summed E-state index contributed by atoms with van der Waals surface area (Å²) in [7, 11) is 0. The smallest absolute Gasteiger partial charge is 0.282 e. The highest BCUT2D eigenvalue weighted by atomic mass is 35.5. The lowest BCUT2D eigenvalue weighted by Crippen LogP contribution is -2.25. The molecule has 1 saturated carbocycles. The van der Waals surface area contributed by atoms with E-state index in [0.29, 0.717) is 22.8 Å². The van der Waals surface area contributed by atoms with Crippen LogP contribution in [0.3, 0.4) is 0 Å². The van der Waals surface area contributed by atoms with Gasteiger partial charge < -0.3 is 4.74 Å². The molecule has 5 rings (SSSR count). The molecule has 34 heavy (non-hydrogen) atoms. The predicted octanol–water partition coefficient (Wildman–Crippen LogP) is 6.56. The van der Waals surface area contributed by atoms with E-state index < -0.39 is 0 Å². The van der Waals surface area contributed by atoms with Crippen LogP contribution in [0.2, 0.25) is 5.02 Å². The normalized spacial score (nSPS) is 14.6. The van der Waals surface area contributed by atoms with Gasteiger partial charge in [0.15, 0.2) is 0 Å². The van der Waals surface area contributed by atoms with E-state index in [0.717, 1.165) is 48.2 Å². The van der Waals surface area contributed by atoms with Gasteiger partial charge in [-0.2, -0.15) is 9.78 Å². The molecule has 0 aliphatic heterocycles. The maximum atomic E-state index is 13.4. The SMILES string of the molecule is O=c1c2ccccc2nc(C2CCCCC2)n1N=Cc1ccccc1OCc1ccccc1Cl. The second-order valence-electron chi connectivity index (χ2n) is 8.60. The van der Waals surface area contributed by atoms with Gasteiger partial charge in [0.05, 0.1) is 17.1 Å². The molecular formula is C28H26ClN3O2. The van der Waals surface area contributed by atoms with Crippen LogP contribution < -0.4 is 10.3 Å². The maximum absolute atomic E-state index is 13.4. The number of halogens is 1. The van der Waals surface area contributed by atoms with Crippen LogP contribution >= 0.6 is 11.6 Å². The van der Waals surface area contributed by atoms with Crippen molar-refractivity contribution in [2.75, 3.05) is 0 Å². The van der Waals surface area contributed by atoms with Gasteiger partial charge in [-0.25, -0.2) is 4.98 Å². The quantitative estimate of drug-likeness (QED) is 0.299. The number of hydrogen-bond acceptors (Lipinski definition) is 4. The van der Waals surface area contributed by atoms with Crippen LogP contribution in [0.1, 0.15) is 55.0 Å². The highest BCUT2D eigenvalue weighted by Gasteiger charge is 2.22. The van der Waals surface area contributed by atoms with Gasteiger partial charge in [0, 0.05) is 22.1 Å². The number of para-hydroxylation sites is 2. The summed E-state index contributed by atoms with van der Waals surface area (Å²) >= 11 is 6.28. The minimum atomic E-state index is -0.142. The summed E-state index contributed by atoms with van der Waals surface area (Å²) in [4.78, 5) is 18.3. The third-order valence-electron chi connectivity index (χ3n) is 6.32. The fraction of sp³-hybridized carbons (Fsp3) is 0.250. The first kappa shape index (κ1) is 22.4. The second kappa shape index (κ2) is 10.2. The molecule has 3 aromatic carbocycles. The molecule has 1 aliphatic rings. The summed E-state index contributed by atoms with van der Waals surface area (Å²) in [5, 5.41) is 5.88. The Morgan fingerprint density at radius 1 is 0.971 bits per heavy atom. The van der Waals surface area contributed by atoms with Crippen molar-refractivity contribution < 1.29 is 4.74 Å². The van der Waals surface area contributed by atoms with Gasteiger partial charge in [-0.1, -0.05) is 73.3 Å². The Kier molecular flexibility index (Phi) is 6.72. The van der Waals surface area contributed by atoms with Gasteiger partial charge in [-0.3, -0.25) is 4.79 Å². The Hall–Kier alpha value is -3.44. The topological polar surface area (TPSA) is 56.5 Å². The first-order valence-corrected chi connectivity index (χ1v) is 12.1. The van der Waals surface area contributed by atoms with Gasteiger partial charge >= 0.3 is 0 Å². The van der Waals surface area contributed by atoms with E-state index in [9.17, 15) is 4.79 Å². The van der Waals surface area contributed by atoms with Gasteiger partial charge in [0.2, 0.25) is 0 Å². The van der Waals surface area contributed by atoms with Gasteiger partial charge in [-0.15, -0.1) is 0 Å². The highest BCUT2D eigenvalue weighted by molar-refractivity contribution is 6.31. The second-order valence-corrected chi connectivity index (χ2v) is 9.01. The van der Waals surface area contributed by atoms with Crippen molar-refractivity contribution in [3.05, 3.63) is 105 Å². The molecule has 5 nitrogen and oxygen atoms in total. The molecule has 0 N–H and O–H groups in total. The summed E-state index contributed by atoms with van der Waals surface area (Å²) < 4.78 is 7.55. The van der Waals surface area contributed by atoms with Crippen molar-refractivity contribution in [1.29, 1.82) is 0 Å². The molecule has 6 heteroatoms. The Bertz CT molecular complexity index is 1390. The van der Waals surface area contributed by atoms with E-state index >= 15 is 0 Å². The number of rotatable bonds is 6. The molecule has 0 unspecified atom stereocenters. The third kappa shape index (κ3) is 4.75. The predicted molar refractivity (Wildman–Crippen MR) is 137 cm³/mol. The highest BCUT2D eigenvalue weighted by Crippen LogP contribution is 2.32. The molecule has 1 heterocycles. The standard InChI is InChI=1S/C28H26ClN3O2/c29-24-15-7-4-13-22(24)19-34-26-17-9-5-12-21(26)18-30-32-27(20-10-2-1-3-11-20)31-25-16-8-6-14-23(25)28(32)33/h4-9,12-18,20H,1-3,10-11,19H2. The van der Waals surface area contributed by atoms with Crippen LogP contribution in [0.25, 0.3) is 10.9 Å². The van der Waals surface area contributed by atoms with Crippen LogP contribution in [-0.4, -0.2) is 15.9 Å². The molecule has 0 saturated heterocycles. The fourth-order valence-corrected chi connectivity index (χ4v) is 4.68. The molecule has 0 atom stereocenters. The lowest BCUT2D eigenvalue weighted by Gasteiger charge is -2.22. The van der Waals surface area contributed by atoms with E-state index in [1.54, 1.807) is 6.21 Å². The molecule has 1 aromatic heterocycles. The van der Waals surface area contributed by atoms with Crippen molar-refractivity contribution >= 4 is 28.7 Å². The fourth-order valence-electron chi connectivity index (χ4n) is 4.49. The van der Waals surface area contributed by atoms with Crippen LogP contribution in [0, 0.1) is 0 Å². The summed E-state index contributed by atoms with van der Waals surface area (Å²) in [6.45, 7) is 0.343. The molecule has 0 spiro atoms. The van der Waals surface area contributed by atoms with E-state index in [4.69, 9.17) is 21.3 Å². The zero-order chi connectivity index (χ0) is 23.3. The van der Waals surface area contributed by atoms with Crippen LogP contribution in [0.15, 0.2) is 82.7 Å².